The highest BCUT2D eigenvalue weighted by atomic mass is 19.4. The number of hydrogen-bond acceptors (Lipinski definition) is 1. The van der Waals surface area contributed by atoms with Crippen LogP contribution in [0.3, 0.4) is 0 Å². The van der Waals surface area contributed by atoms with E-state index in [0.29, 0.717) is 0 Å². The fourth-order valence-electron chi connectivity index (χ4n) is 1.75. The van der Waals surface area contributed by atoms with Gasteiger partial charge in [-0.1, -0.05) is 19.1 Å². The van der Waals surface area contributed by atoms with E-state index in [1.165, 1.54) is 18.2 Å². The van der Waals surface area contributed by atoms with Crippen LogP contribution >= 0.6 is 0 Å². The average molecular weight is 243 g/mol. The van der Waals surface area contributed by atoms with Crippen LogP contribution in [-0.2, 0) is 11.0 Å². The van der Waals surface area contributed by atoms with Gasteiger partial charge in [-0.2, -0.15) is 13.2 Å². The van der Waals surface area contributed by atoms with Crippen LogP contribution in [0, 0.1) is 11.8 Å². The molecule has 1 fully saturated rings. The third-order valence-corrected chi connectivity index (χ3v) is 2.94. The van der Waals surface area contributed by atoms with Crippen molar-refractivity contribution in [2.75, 3.05) is 5.32 Å². The first-order valence-corrected chi connectivity index (χ1v) is 5.36. The molecule has 0 aliphatic heterocycles. The van der Waals surface area contributed by atoms with E-state index in [1.54, 1.807) is 0 Å². The van der Waals surface area contributed by atoms with Crippen molar-refractivity contribution >= 4 is 11.6 Å². The molecule has 0 unspecified atom stereocenters. The fourth-order valence-corrected chi connectivity index (χ4v) is 1.75. The predicted molar refractivity (Wildman–Crippen MR) is 57.3 cm³/mol. The Balaban J connectivity index is 2.18. The van der Waals surface area contributed by atoms with Crippen molar-refractivity contribution < 1.29 is 18.0 Å². The summed E-state index contributed by atoms with van der Waals surface area (Å²) in [5, 5.41) is 2.35. The van der Waals surface area contributed by atoms with Crippen LogP contribution in [0.2, 0.25) is 0 Å². The molecule has 0 radical (unpaired) electrons. The molecule has 17 heavy (non-hydrogen) atoms. The van der Waals surface area contributed by atoms with Crippen LogP contribution in [0.5, 0.6) is 0 Å². The van der Waals surface area contributed by atoms with Crippen LogP contribution in [0.1, 0.15) is 18.9 Å². The van der Waals surface area contributed by atoms with Crippen molar-refractivity contribution in [3.63, 3.8) is 0 Å². The van der Waals surface area contributed by atoms with E-state index in [0.717, 1.165) is 12.5 Å². The van der Waals surface area contributed by atoms with Gasteiger partial charge in [0, 0.05) is 5.92 Å². The summed E-state index contributed by atoms with van der Waals surface area (Å²) >= 11 is 0. The molecule has 1 N–H and O–H groups in total. The van der Waals surface area contributed by atoms with Crippen molar-refractivity contribution in [2.24, 2.45) is 11.8 Å². The monoisotopic (exact) mass is 243 g/mol. The Kier molecular flexibility index (Phi) is 2.85. The predicted octanol–water partition coefficient (Wildman–Crippen LogP) is 3.30. The number of carbonyl (C=O) groups excluding carboxylic acids is 1. The molecule has 0 bridgehead atoms. The lowest BCUT2D eigenvalue weighted by molar-refractivity contribution is -0.137. The SMILES string of the molecule is C[C@@H]1C[C@H]1C(=O)Nc1ccccc1C(F)(F)F. The fraction of sp³-hybridized carbons (Fsp3) is 0.417. The van der Waals surface area contributed by atoms with Crippen molar-refractivity contribution in [1.82, 2.24) is 0 Å². The van der Waals surface area contributed by atoms with E-state index in [9.17, 15) is 18.0 Å². The molecule has 92 valence electrons. The molecule has 2 rings (SSSR count). The van der Waals surface area contributed by atoms with E-state index in [2.05, 4.69) is 5.32 Å². The van der Waals surface area contributed by atoms with Crippen LogP contribution < -0.4 is 5.32 Å². The van der Waals surface area contributed by atoms with Gasteiger partial charge in [0.15, 0.2) is 0 Å². The smallest absolute Gasteiger partial charge is 0.325 e. The normalized spacial score (nSPS) is 23.3. The Bertz CT molecular complexity index is 442. The molecule has 5 heteroatoms. The summed E-state index contributed by atoms with van der Waals surface area (Å²) in [5.74, 6) is -0.196. The highest BCUT2D eigenvalue weighted by Crippen LogP contribution is 2.40. The number of hydrogen-bond donors (Lipinski definition) is 1. The van der Waals surface area contributed by atoms with Crippen molar-refractivity contribution in [3.05, 3.63) is 29.8 Å². The standard InChI is InChI=1S/C12H12F3NO/c1-7-6-8(7)11(17)16-10-5-3-2-4-9(10)12(13,14)15/h2-5,7-8H,6H2,1H3,(H,16,17)/t7-,8-/m1/s1. The minimum absolute atomic E-state index is 0.142. The van der Waals surface area contributed by atoms with E-state index >= 15 is 0 Å². The second-order valence-electron chi connectivity index (χ2n) is 4.35. The van der Waals surface area contributed by atoms with Crippen molar-refractivity contribution in [3.8, 4) is 0 Å². The zero-order chi connectivity index (χ0) is 12.6. The molecule has 1 aromatic carbocycles. The molecule has 2 nitrogen and oxygen atoms in total. The third-order valence-electron chi connectivity index (χ3n) is 2.94. The Labute approximate surface area is 96.8 Å². The van der Waals surface area contributed by atoms with Gasteiger partial charge in [0.1, 0.15) is 0 Å². The van der Waals surface area contributed by atoms with Crippen LogP contribution in [0.25, 0.3) is 0 Å². The lowest BCUT2D eigenvalue weighted by Crippen LogP contribution is -2.18. The minimum Gasteiger partial charge on any atom is -0.325 e. The molecule has 2 atom stereocenters. The number of para-hydroxylation sites is 1. The Morgan fingerprint density at radius 3 is 2.47 bits per heavy atom. The Morgan fingerprint density at radius 2 is 1.94 bits per heavy atom. The number of rotatable bonds is 2. The summed E-state index contributed by atoms with van der Waals surface area (Å²) in [6.45, 7) is 1.90. The van der Waals surface area contributed by atoms with Crippen molar-refractivity contribution in [2.45, 2.75) is 19.5 Å². The number of nitrogens with one attached hydrogen (secondary N) is 1. The summed E-state index contributed by atoms with van der Waals surface area (Å²) in [7, 11) is 0. The molecule has 1 amide bonds. The van der Waals surface area contributed by atoms with Crippen molar-refractivity contribution in [1.29, 1.82) is 0 Å². The first-order chi connectivity index (χ1) is 7.89. The van der Waals surface area contributed by atoms with Gasteiger partial charge in [-0.15, -0.1) is 0 Å². The zero-order valence-electron chi connectivity index (χ0n) is 9.21. The quantitative estimate of drug-likeness (QED) is 0.848. The van der Waals surface area contributed by atoms with Gasteiger partial charge in [-0.3, -0.25) is 4.79 Å². The van der Waals surface area contributed by atoms with Gasteiger partial charge in [-0.05, 0) is 24.5 Å². The number of anilines is 1. The number of halogens is 3. The van der Waals surface area contributed by atoms with Crippen LogP contribution in [0.15, 0.2) is 24.3 Å². The second kappa shape index (κ2) is 4.05. The third kappa shape index (κ3) is 2.60. The molecule has 0 spiro atoms. The maximum Gasteiger partial charge on any atom is 0.418 e. The summed E-state index contributed by atoms with van der Waals surface area (Å²) in [4.78, 5) is 11.6. The maximum absolute atomic E-state index is 12.6. The van der Waals surface area contributed by atoms with E-state index < -0.39 is 11.7 Å². The summed E-state index contributed by atoms with van der Waals surface area (Å²) < 4.78 is 37.9. The molecule has 0 heterocycles. The lowest BCUT2D eigenvalue weighted by Gasteiger charge is -2.13. The topological polar surface area (TPSA) is 29.1 Å². The summed E-state index contributed by atoms with van der Waals surface area (Å²) in [6, 6.07) is 5.01. The number of alkyl halides is 3. The molecule has 1 aliphatic carbocycles. The minimum atomic E-state index is -4.45. The molecular weight excluding hydrogens is 231 g/mol. The first-order valence-electron chi connectivity index (χ1n) is 5.36. The van der Waals surface area contributed by atoms with E-state index in [-0.39, 0.29) is 23.4 Å². The van der Waals surface area contributed by atoms with Crippen LogP contribution in [-0.4, -0.2) is 5.91 Å². The maximum atomic E-state index is 12.6. The Morgan fingerprint density at radius 1 is 1.35 bits per heavy atom. The largest absolute Gasteiger partial charge is 0.418 e. The van der Waals surface area contributed by atoms with Crippen LogP contribution in [0.4, 0.5) is 18.9 Å². The highest BCUT2D eigenvalue weighted by Gasteiger charge is 2.40. The number of carbonyl (C=O) groups is 1. The van der Waals surface area contributed by atoms with Gasteiger partial charge >= 0.3 is 6.18 Å². The molecule has 1 aliphatic rings. The summed E-state index contributed by atoms with van der Waals surface area (Å²) in [5.41, 5.74) is -0.967. The molecule has 1 saturated carbocycles. The van der Waals surface area contributed by atoms with Gasteiger partial charge in [-0.25, -0.2) is 0 Å². The van der Waals surface area contributed by atoms with Gasteiger partial charge in [0.2, 0.25) is 5.91 Å². The number of amides is 1. The van der Waals surface area contributed by atoms with E-state index in [1.807, 2.05) is 6.92 Å². The second-order valence-corrected chi connectivity index (χ2v) is 4.35. The molecular formula is C12H12F3NO. The summed E-state index contributed by atoms with van der Waals surface area (Å²) in [6.07, 6.45) is -3.70. The zero-order valence-corrected chi connectivity index (χ0v) is 9.21. The number of benzene rings is 1. The lowest BCUT2D eigenvalue weighted by atomic mass is 10.1. The van der Waals surface area contributed by atoms with E-state index in [4.69, 9.17) is 0 Å². The molecule has 1 aromatic rings. The molecule has 0 saturated heterocycles. The first kappa shape index (κ1) is 12.0. The van der Waals surface area contributed by atoms with Gasteiger partial charge in [0.25, 0.3) is 0 Å². The molecule has 0 aromatic heterocycles. The highest BCUT2D eigenvalue weighted by molar-refractivity contribution is 5.95. The Hall–Kier alpha value is -1.52. The average Bonchev–Trinajstić information content (AvgIpc) is 2.95. The van der Waals surface area contributed by atoms with Gasteiger partial charge < -0.3 is 5.32 Å². The van der Waals surface area contributed by atoms with Gasteiger partial charge in [0.05, 0.1) is 11.3 Å².